The minimum atomic E-state index is -0.0134. The number of aromatic nitrogens is 1. The van der Waals surface area contributed by atoms with E-state index in [1.165, 1.54) is 0 Å². The number of hydrogen-bond acceptors (Lipinski definition) is 2. The standard InChI is InChI=1S/C16H12ClNO/c17-13-6-7-14-12(10-19)8-15(18-16(14)9-13)11-4-2-1-3-5-11/h1-9,19H,10H2. The molecule has 2 nitrogen and oxygen atoms in total. The van der Waals surface area contributed by atoms with Crippen LogP contribution in [0.5, 0.6) is 0 Å². The third kappa shape index (κ3) is 2.33. The summed E-state index contributed by atoms with van der Waals surface area (Å²) in [5.41, 5.74) is 3.54. The summed E-state index contributed by atoms with van der Waals surface area (Å²) in [5, 5.41) is 11.1. The van der Waals surface area contributed by atoms with E-state index >= 15 is 0 Å². The van der Waals surface area contributed by atoms with E-state index in [-0.39, 0.29) is 6.61 Å². The zero-order chi connectivity index (χ0) is 13.2. The van der Waals surface area contributed by atoms with E-state index in [9.17, 15) is 5.11 Å². The Balaban J connectivity index is 2.27. The first-order chi connectivity index (χ1) is 9.28. The van der Waals surface area contributed by atoms with Crippen molar-refractivity contribution in [2.24, 2.45) is 0 Å². The Hall–Kier alpha value is -1.90. The molecule has 2 aromatic carbocycles. The largest absolute Gasteiger partial charge is 0.392 e. The second kappa shape index (κ2) is 5.00. The van der Waals surface area contributed by atoms with Crippen molar-refractivity contribution in [3.05, 3.63) is 65.2 Å². The van der Waals surface area contributed by atoms with Gasteiger partial charge < -0.3 is 5.11 Å². The van der Waals surface area contributed by atoms with Gasteiger partial charge in [0.15, 0.2) is 0 Å². The Labute approximate surface area is 116 Å². The molecule has 0 fully saturated rings. The molecule has 0 aliphatic rings. The Kier molecular flexibility index (Phi) is 3.20. The van der Waals surface area contributed by atoms with E-state index in [1.54, 1.807) is 0 Å². The van der Waals surface area contributed by atoms with E-state index in [0.717, 1.165) is 27.7 Å². The first-order valence-electron chi connectivity index (χ1n) is 6.03. The fourth-order valence-corrected chi connectivity index (χ4v) is 2.33. The molecular formula is C16H12ClNO. The highest BCUT2D eigenvalue weighted by Gasteiger charge is 2.07. The van der Waals surface area contributed by atoms with Crippen molar-refractivity contribution in [3.8, 4) is 11.3 Å². The minimum Gasteiger partial charge on any atom is -0.392 e. The first-order valence-corrected chi connectivity index (χ1v) is 6.41. The third-order valence-electron chi connectivity index (χ3n) is 3.10. The van der Waals surface area contributed by atoms with E-state index in [1.807, 2.05) is 54.6 Å². The molecule has 0 aliphatic heterocycles. The van der Waals surface area contributed by atoms with E-state index in [2.05, 4.69) is 4.98 Å². The van der Waals surface area contributed by atoms with Crippen molar-refractivity contribution in [1.29, 1.82) is 0 Å². The lowest BCUT2D eigenvalue weighted by Crippen LogP contribution is -1.92. The van der Waals surface area contributed by atoms with Crippen LogP contribution in [0.1, 0.15) is 5.56 Å². The summed E-state index contributed by atoms with van der Waals surface area (Å²) in [6, 6.07) is 17.4. The number of pyridine rings is 1. The number of nitrogens with zero attached hydrogens (tertiary/aromatic N) is 1. The van der Waals surface area contributed by atoms with E-state index < -0.39 is 0 Å². The van der Waals surface area contributed by atoms with Gasteiger partial charge in [-0.15, -0.1) is 0 Å². The zero-order valence-corrected chi connectivity index (χ0v) is 10.9. The fourth-order valence-electron chi connectivity index (χ4n) is 2.16. The molecule has 0 spiro atoms. The summed E-state index contributed by atoms with van der Waals surface area (Å²) in [7, 11) is 0. The van der Waals surface area contributed by atoms with Crippen LogP contribution in [-0.2, 0) is 6.61 Å². The molecule has 94 valence electrons. The zero-order valence-electron chi connectivity index (χ0n) is 10.2. The molecule has 3 aromatic rings. The summed E-state index contributed by atoms with van der Waals surface area (Å²) in [5.74, 6) is 0. The van der Waals surface area contributed by atoms with Crippen molar-refractivity contribution in [2.45, 2.75) is 6.61 Å². The first kappa shape index (κ1) is 12.2. The van der Waals surface area contributed by atoms with Gasteiger partial charge in [-0.2, -0.15) is 0 Å². The lowest BCUT2D eigenvalue weighted by molar-refractivity contribution is 0.283. The SMILES string of the molecule is OCc1cc(-c2ccccc2)nc2cc(Cl)ccc12. The molecule has 3 heteroatoms. The van der Waals surface area contributed by atoms with Crippen molar-refractivity contribution in [1.82, 2.24) is 4.98 Å². The van der Waals surface area contributed by atoms with Crippen LogP contribution in [0.25, 0.3) is 22.2 Å². The quantitative estimate of drug-likeness (QED) is 0.761. The van der Waals surface area contributed by atoms with Crippen molar-refractivity contribution in [3.63, 3.8) is 0 Å². The molecular weight excluding hydrogens is 258 g/mol. The van der Waals surface area contributed by atoms with Gasteiger partial charge in [-0.25, -0.2) is 4.98 Å². The highest BCUT2D eigenvalue weighted by molar-refractivity contribution is 6.31. The summed E-state index contributed by atoms with van der Waals surface area (Å²) in [6.45, 7) is -0.0134. The van der Waals surface area contributed by atoms with Crippen molar-refractivity contribution >= 4 is 22.5 Å². The Morgan fingerprint density at radius 1 is 1.00 bits per heavy atom. The van der Waals surface area contributed by atoms with Gasteiger partial charge in [0.2, 0.25) is 0 Å². The Bertz CT molecular complexity index is 725. The number of aliphatic hydroxyl groups is 1. The van der Waals surface area contributed by atoms with Crippen LogP contribution in [-0.4, -0.2) is 10.1 Å². The van der Waals surface area contributed by atoms with Crippen LogP contribution >= 0.6 is 11.6 Å². The Morgan fingerprint density at radius 2 is 1.79 bits per heavy atom. The summed E-state index contributed by atoms with van der Waals surface area (Å²) < 4.78 is 0. The van der Waals surface area contributed by atoms with Gasteiger partial charge in [0, 0.05) is 16.0 Å². The van der Waals surface area contributed by atoms with E-state index in [0.29, 0.717) is 5.02 Å². The maximum Gasteiger partial charge on any atom is 0.0727 e. The fraction of sp³-hybridized carbons (Fsp3) is 0.0625. The second-order valence-corrected chi connectivity index (χ2v) is 4.79. The second-order valence-electron chi connectivity index (χ2n) is 4.35. The Morgan fingerprint density at radius 3 is 2.53 bits per heavy atom. The monoisotopic (exact) mass is 269 g/mol. The molecule has 0 unspecified atom stereocenters. The molecule has 1 heterocycles. The lowest BCUT2D eigenvalue weighted by Gasteiger charge is -2.08. The molecule has 0 amide bonds. The maximum atomic E-state index is 9.52. The topological polar surface area (TPSA) is 33.1 Å². The number of rotatable bonds is 2. The van der Waals surface area contributed by atoms with Gasteiger partial charge in [-0.05, 0) is 23.8 Å². The minimum absolute atomic E-state index is 0.0134. The number of benzene rings is 2. The van der Waals surface area contributed by atoms with Gasteiger partial charge in [0.1, 0.15) is 0 Å². The molecule has 0 aliphatic carbocycles. The van der Waals surface area contributed by atoms with Crippen LogP contribution in [0.2, 0.25) is 5.02 Å². The molecule has 0 radical (unpaired) electrons. The lowest BCUT2D eigenvalue weighted by atomic mass is 10.0. The number of halogens is 1. The number of hydrogen-bond donors (Lipinski definition) is 1. The van der Waals surface area contributed by atoms with Crippen LogP contribution in [0.4, 0.5) is 0 Å². The highest BCUT2D eigenvalue weighted by Crippen LogP contribution is 2.26. The van der Waals surface area contributed by atoms with Gasteiger partial charge in [0.05, 0.1) is 17.8 Å². The van der Waals surface area contributed by atoms with Gasteiger partial charge in [0.25, 0.3) is 0 Å². The smallest absolute Gasteiger partial charge is 0.0727 e. The molecule has 1 aromatic heterocycles. The molecule has 0 atom stereocenters. The average Bonchev–Trinajstić information content (AvgIpc) is 2.46. The number of fused-ring (bicyclic) bond motifs is 1. The summed E-state index contributed by atoms with van der Waals surface area (Å²) in [6.07, 6.45) is 0. The summed E-state index contributed by atoms with van der Waals surface area (Å²) >= 11 is 6.01. The molecule has 19 heavy (non-hydrogen) atoms. The van der Waals surface area contributed by atoms with E-state index in [4.69, 9.17) is 11.6 Å². The predicted octanol–water partition coefficient (Wildman–Crippen LogP) is 4.05. The van der Waals surface area contributed by atoms with Crippen molar-refractivity contribution in [2.75, 3.05) is 0 Å². The molecule has 0 bridgehead atoms. The molecule has 0 saturated heterocycles. The van der Waals surface area contributed by atoms with Gasteiger partial charge >= 0.3 is 0 Å². The van der Waals surface area contributed by atoms with Crippen LogP contribution in [0.3, 0.4) is 0 Å². The normalized spacial score (nSPS) is 10.8. The molecule has 0 saturated carbocycles. The van der Waals surface area contributed by atoms with Gasteiger partial charge in [-0.1, -0.05) is 48.0 Å². The van der Waals surface area contributed by atoms with Gasteiger partial charge in [-0.3, -0.25) is 0 Å². The summed E-state index contributed by atoms with van der Waals surface area (Å²) in [4.78, 5) is 4.62. The molecule has 3 rings (SSSR count). The van der Waals surface area contributed by atoms with Crippen LogP contribution in [0, 0.1) is 0 Å². The average molecular weight is 270 g/mol. The third-order valence-corrected chi connectivity index (χ3v) is 3.33. The number of aliphatic hydroxyl groups excluding tert-OH is 1. The predicted molar refractivity (Wildman–Crippen MR) is 78.1 cm³/mol. The van der Waals surface area contributed by atoms with Crippen LogP contribution in [0.15, 0.2) is 54.6 Å². The maximum absolute atomic E-state index is 9.52. The molecule has 1 N–H and O–H groups in total. The van der Waals surface area contributed by atoms with Crippen LogP contribution < -0.4 is 0 Å². The van der Waals surface area contributed by atoms with Crippen molar-refractivity contribution < 1.29 is 5.11 Å². The highest BCUT2D eigenvalue weighted by atomic mass is 35.5.